The monoisotopic (exact) mass is 310 g/mol. The molecule has 1 aliphatic heterocycles. The highest BCUT2D eigenvalue weighted by Gasteiger charge is 2.27. The topological polar surface area (TPSA) is 59.6 Å². The zero-order valence-corrected chi connectivity index (χ0v) is 13.3. The Balaban J connectivity index is 2.09. The summed E-state index contributed by atoms with van der Waals surface area (Å²) in [6.45, 7) is 4.55. The minimum atomic E-state index is -0.620. The molecule has 0 unspecified atom stereocenters. The highest BCUT2D eigenvalue weighted by molar-refractivity contribution is 5.95. The second-order valence-corrected chi connectivity index (χ2v) is 5.93. The average Bonchev–Trinajstić information content (AvgIpc) is 2.53. The van der Waals surface area contributed by atoms with Gasteiger partial charge in [0.05, 0.1) is 19.8 Å². The van der Waals surface area contributed by atoms with Crippen molar-refractivity contribution in [2.24, 2.45) is 5.41 Å². The summed E-state index contributed by atoms with van der Waals surface area (Å²) >= 11 is 0. The molecule has 0 saturated carbocycles. The molecule has 5 nitrogen and oxygen atoms in total. The van der Waals surface area contributed by atoms with Gasteiger partial charge < -0.3 is 20.1 Å². The third-order valence-corrected chi connectivity index (χ3v) is 4.20. The Labute approximate surface area is 130 Å². The van der Waals surface area contributed by atoms with Gasteiger partial charge in [0.1, 0.15) is 5.82 Å². The van der Waals surface area contributed by atoms with Crippen LogP contribution in [0.5, 0.6) is 11.5 Å². The maximum Gasteiger partial charge on any atom is 0.254 e. The van der Waals surface area contributed by atoms with Gasteiger partial charge in [-0.1, -0.05) is 6.92 Å². The molecule has 1 aliphatic rings. The van der Waals surface area contributed by atoms with Gasteiger partial charge in [-0.3, -0.25) is 4.79 Å². The first-order chi connectivity index (χ1) is 10.5. The number of hydrogen-bond acceptors (Lipinski definition) is 4. The van der Waals surface area contributed by atoms with Crippen molar-refractivity contribution in [2.45, 2.75) is 19.8 Å². The maximum atomic E-state index is 14.1. The lowest BCUT2D eigenvalue weighted by Gasteiger charge is -2.34. The van der Waals surface area contributed by atoms with Crippen molar-refractivity contribution in [1.82, 2.24) is 10.6 Å². The molecule has 0 spiro atoms. The highest BCUT2D eigenvalue weighted by Crippen LogP contribution is 2.30. The van der Waals surface area contributed by atoms with Gasteiger partial charge in [-0.15, -0.1) is 0 Å². The number of carbonyl (C=O) groups excluding carboxylic acids is 1. The summed E-state index contributed by atoms with van der Waals surface area (Å²) in [5.41, 5.74) is 0.0173. The standard InChI is InChI=1S/C16H23FN2O3/c1-16(4-6-18-7-5-16)10-19-15(20)11-8-13(21-2)14(22-3)9-12(11)17/h8-9,18H,4-7,10H2,1-3H3,(H,19,20). The molecule has 122 valence electrons. The van der Waals surface area contributed by atoms with Crippen LogP contribution in [0.15, 0.2) is 12.1 Å². The van der Waals surface area contributed by atoms with Gasteiger partial charge in [0.25, 0.3) is 5.91 Å². The molecule has 0 bridgehead atoms. The number of ether oxygens (including phenoxy) is 2. The van der Waals surface area contributed by atoms with E-state index in [0.717, 1.165) is 25.9 Å². The van der Waals surface area contributed by atoms with Crippen LogP contribution in [0.25, 0.3) is 0 Å². The van der Waals surface area contributed by atoms with Crippen LogP contribution in [0, 0.1) is 11.2 Å². The zero-order chi connectivity index (χ0) is 16.2. The molecule has 1 heterocycles. The van der Waals surface area contributed by atoms with E-state index < -0.39 is 11.7 Å². The van der Waals surface area contributed by atoms with Crippen molar-refractivity contribution in [3.63, 3.8) is 0 Å². The van der Waals surface area contributed by atoms with Gasteiger partial charge in [-0.25, -0.2) is 4.39 Å². The summed E-state index contributed by atoms with van der Waals surface area (Å²) in [4.78, 5) is 12.3. The van der Waals surface area contributed by atoms with Crippen molar-refractivity contribution < 1.29 is 18.7 Å². The fraction of sp³-hybridized carbons (Fsp3) is 0.562. The lowest BCUT2D eigenvalue weighted by molar-refractivity contribution is 0.0917. The van der Waals surface area contributed by atoms with E-state index in [1.807, 2.05) is 0 Å². The molecule has 22 heavy (non-hydrogen) atoms. The van der Waals surface area contributed by atoms with Crippen LogP contribution in [0.4, 0.5) is 4.39 Å². The van der Waals surface area contributed by atoms with Gasteiger partial charge in [0.15, 0.2) is 11.5 Å². The molecule has 0 atom stereocenters. The number of halogens is 1. The summed E-state index contributed by atoms with van der Waals surface area (Å²) < 4.78 is 24.2. The Bertz CT molecular complexity index is 542. The first-order valence-electron chi connectivity index (χ1n) is 7.39. The molecular formula is C16H23FN2O3. The SMILES string of the molecule is COc1cc(F)c(C(=O)NCC2(C)CCNCC2)cc1OC. The summed E-state index contributed by atoms with van der Waals surface area (Å²) in [5.74, 6) is -0.451. The van der Waals surface area contributed by atoms with Crippen molar-refractivity contribution in [2.75, 3.05) is 33.9 Å². The lowest BCUT2D eigenvalue weighted by atomic mass is 9.81. The summed E-state index contributed by atoms with van der Waals surface area (Å²) in [6.07, 6.45) is 1.98. The van der Waals surface area contributed by atoms with E-state index in [9.17, 15) is 9.18 Å². The summed E-state index contributed by atoms with van der Waals surface area (Å²) in [6, 6.07) is 2.54. The number of methoxy groups -OCH3 is 2. The van der Waals surface area contributed by atoms with Crippen molar-refractivity contribution in [3.05, 3.63) is 23.5 Å². The zero-order valence-electron chi connectivity index (χ0n) is 13.3. The Kier molecular flexibility index (Phi) is 5.24. The van der Waals surface area contributed by atoms with Crippen LogP contribution in [-0.4, -0.2) is 39.8 Å². The molecule has 0 aromatic heterocycles. The predicted molar refractivity (Wildman–Crippen MR) is 82.0 cm³/mol. The molecule has 2 rings (SSSR count). The molecule has 1 saturated heterocycles. The quantitative estimate of drug-likeness (QED) is 0.873. The maximum absolute atomic E-state index is 14.1. The number of carbonyl (C=O) groups is 1. The van der Waals surface area contributed by atoms with E-state index in [4.69, 9.17) is 9.47 Å². The Morgan fingerprint density at radius 2 is 1.86 bits per heavy atom. The lowest BCUT2D eigenvalue weighted by Crippen LogP contribution is -2.43. The first kappa shape index (κ1) is 16.5. The molecular weight excluding hydrogens is 287 g/mol. The Morgan fingerprint density at radius 1 is 1.27 bits per heavy atom. The molecule has 1 amide bonds. The van der Waals surface area contributed by atoms with Crippen LogP contribution >= 0.6 is 0 Å². The van der Waals surface area contributed by atoms with E-state index in [0.29, 0.717) is 12.3 Å². The molecule has 0 aliphatic carbocycles. The third kappa shape index (κ3) is 3.68. The van der Waals surface area contributed by atoms with Gasteiger partial charge in [0.2, 0.25) is 0 Å². The normalized spacial score (nSPS) is 16.9. The van der Waals surface area contributed by atoms with Gasteiger partial charge >= 0.3 is 0 Å². The van der Waals surface area contributed by atoms with E-state index in [1.54, 1.807) is 0 Å². The molecule has 2 N–H and O–H groups in total. The molecule has 1 aromatic rings. The largest absolute Gasteiger partial charge is 0.493 e. The van der Waals surface area contributed by atoms with E-state index in [-0.39, 0.29) is 16.7 Å². The predicted octanol–water partition coefficient (Wildman–Crippen LogP) is 1.96. The third-order valence-electron chi connectivity index (χ3n) is 4.20. The van der Waals surface area contributed by atoms with Crippen molar-refractivity contribution >= 4 is 5.91 Å². The average molecular weight is 310 g/mol. The molecule has 1 fully saturated rings. The van der Waals surface area contributed by atoms with Crippen molar-refractivity contribution in [3.8, 4) is 11.5 Å². The van der Waals surface area contributed by atoms with E-state index in [1.165, 1.54) is 26.4 Å². The highest BCUT2D eigenvalue weighted by atomic mass is 19.1. The molecule has 1 aromatic carbocycles. The second-order valence-electron chi connectivity index (χ2n) is 5.93. The van der Waals surface area contributed by atoms with Crippen molar-refractivity contribution in [1.29, 1.82) is 0 Å². The van der Waals surface area contributed by atoms with Gasteiger partial charge in [-0.2, -0.15) is 0 Å². The smallest absolute Gasteiger partial charge is 0.254 e. The van der Waals surface area contributed by atoms with Crippen LogP contribution < -0.4 is 20.1 Å². The number of hydrogen-bond donors (Lipinski definition) is 2. The van der Waals surface area contributed by atoms with E-state index in [2.05, 4.69) is 17.6 Å². The summed E-state index contributed by atoms with van der Waals surface area (Å²) in [7, 11) is 2.88. The Morgan fingerprint density at radius 3 is 2.45 bits per heavy atom. The van der Waals surface area contributed by atoms with Gasteiger partial charge in [-0.05, 0) is 37.4 Å². The van der Waals surface area contributed by atoms with Crippen LogP contribution in [0.1, 0.15) is 30.1 Å². The first-order valence-corrected chi connectivity index (χ1v) is 7.39. The van der Waals surface area contributed by atoms with Gasteiger partial charge in [0, 0.05) is 12.6 Å². The fourth-order valence-electron chi connectivity index (χ4n) is 2.62. The Hall–Kier alpha value is -1.82. The number of nitrogens with one attached hydrogen (secondary N) is 2. The van der Waals surface area contributed by atoms with E-state index >= 15 is 0 Å². The number of amides is 1. The molecule has 6 heteroatoms. The van der Waals surface area contributed by atoms with Crippen LogP contribution in [-0.2, 0) is 0 Å². The van der Waals surface area contributed by atoms with Crippen LogP contribution in [0.3, 0.4) is 0 Å². The fourth-order valence-corrected chi connectivity index (χ4v) is 2.62. The minimum absolute atomic E-state index is 0.0322. The molecule has 0 radical (unpaired) electrons. The summed E-state index contributed by atoms with van der Waals surface area (Å²) in [5, 5.41) is 6.13. The number of piperidine rings is 1. The second kappa shape index (κ2) is 6.96. The van der Waals surface area contributed by atoms with Crippen LogP contribution in [0.2, 0.25) is 0 Å². The minimum Gasteiger partial charge on any atom is -0.493 e. The number of benzene rings is 1. The number of rotatable bonds is 5.